The van der Waals surface area contributed by atoms with Gasteiger partial charge in [-0.25, -0.2) is 9.59 Å². The van der Waals surface area contributed by atoms with E-state index in [0.29, 0.717) is 22.8 Å². The standard InChI is InChI=1S/C14H14O7/c1-17-8-5-7(6-9(18-2)11(8)19-3)10-12(20-4)14(16)21-13(10)15/h5-6H,1-4H3. The lowest BCUT2D eigenvalue weighted by atomic mass is 10.0. The molecule has 2 rings (SSSR count). The normalized spacial score (nSPS) is 14.1. The van der Waals surface area contributed by atoms with Crippen LogP contribution in [0.1, 0.15) is 5.56 Å². The van der Waals surface area contributed by atoms with E-state index < -0.39 is 11.9 Å². The molecule has 0 amide bonds. The van der Waals surface area contributed by atoms with Crippen LogP contribution in [0, 0.1) is 0 Å². The van der Waals surface area contributed by atoms with Crippen molar-refractivity contribution in [3.05, 3.63) is 23.5 Å². The predicted molar refractivity (Wildman–Crippen MR) is 71.1 cm³/mol. The number of carbonyl (C=O) groups is 2. The first kappa shape index (κ1) is 14.7. The SMILES string of the molecule is COC1=C(c2cc(OC)c(OC)c(OC)c2)C(=O)OC1=O. The number of ether oxygens (including phenoxy) is 5. The Balaban J connectivity index is 2.67. The van der Waals surface area contributed by atoms with Gasteiger partial charge in [0.1, 0.15) is 5.57 Å². The van der Waals surface area contributed by atoms with Crippen LogP contribution >= 0.6 is 0 Å². The Kier molecular flexibility index (Phi) is 4.02. The monoisotopic (exact) mass is 294 g/mol. The topological polar surface area (TPSA) is 80.3 Å². The van der Waals surface area contributed by atoms with E-state index in [-0.39, 0.29) is 11.3 Å². The van der Waals surface area contributed by atoms with Crippen molar-refractivity contribution in [3.8, 4) is 17.2 Å². The van der Waals surface area contributed by atoms with Gasteiger partial charge in [-0.3, -0.25) is 0 Å². The molecular weight excluding hydrogens is 280 g/mol. The first-order chi connectivity index (χ1) is 10.1. The zero-order valence-electron chi connectivity index (χ0n) is 12.0. The average molecular weight is 294 g/mol. The van der Waals surface area contributed by atoms with Gasteiger partial charge in [0.05, 0.1) is 28.4 Å². The van der Waals surface area contributed by atoms with E-state index in [9.17, 15) is 9.59 Å². The number of cyclic esters (lactones) is 2. The first-order valence-corrected chi connectivity index (χ1v) is 5.92. The van der Waals surface area contributed by atoms with Crippen LogP contribution in [0.25, 0.3) is 5.57 Å². The zero-order chi connectivity index (χ0) is 15.6. The van der Waals surface area contributed by atoms with Crippen molar-refractivity contribution >= 4 is 17.5 Å². The van der Waals surface area contributed by atoms with E-state index in [2.05, 4.69) is 4.74 Å². The van der Waals surface area contributed by atoms with Gasteiger partial charge < -0.3 is 23.7 Å². The van der Waals surface area contributed by atoms with Gasteiger partial charge in [0, 0.05) is 5.56 Å². The molecule has 112 valence electrons. The van der Waals surface area contributed by atoms with E-state index >= 15 is 0 Å². The minimum absolute atomic E-state index is 0.0155. The molecule has 0 N–H and O–H groups in total. The lowest BCUT2D eigenvalue weighted by Gasteiger charge is -2.14. The summed E-state index contributed by atoms with van der Waals surface area (Å²) in [6.45, 7) is 0. The molecule has 7 heteroatoms. The summed E-state index contributed by atoms with van der Waals surface area (Å²) in [6, 6.07) is 3.07. The summed E-state index contributed by atoms with van der Waals surface area (Å²) in [7, 11) is 5.65. The highest BCUT2D eigenvalue weighted by atomic mass is 16.6. The summed E-state index contributed by atoms with van der Waals surface area (Å²) >= 11 is 0. The number of hydrogen-bond acceptors (Lipinski definition) is 7. The lowest BCUT2D eigenvalue weighted by Crippen LogP contribution is -2.03. The van der Waals surface area contributed by atoms with E-state index in [1.807, 2.05) is 0 Å². The maximum absolute atomic E-state index is 11.8. The number of carbonyl (C=O) groups excluding carboxylic acids is 2. The van der Waals surface area contributed by atoms with Crippen molar-refractivity contribution in [1.29, 1.82) is 0 Å². The maximum Gasteiger partial charge on any atom is 0.382 e. The van der Waals surface area contributed by atoms with Crippen LogP contribution in [0.3, 0.4) is 0 Å². The van der Waals surface area contributed by atoms with Crippen LogP contribution in [-0.2, 0) is 19.1 Å². The van der Waals surface area contributed by atoms with Gasteiger partial charge in [-0.2, -0.15) is 0 Å². The highest BCUT2D eigenvalue weighted by Crippen LogP contribution is 2.41. The minimum atomic E-state index is -0.828. The molecule has 0 saturated carbocycles. The van der Waals surface area contributed by atoms with Gasteiger partial charge in [-0.05, 0) is 12.1 Å². The van der Waals surface area contributed by atoms with Crippen LogP contribution in [0.2, 0.25) is 0 Å². The van der Waals surface area contributed by atoms with Crippen molar-refractivity contribution in [1.82, 2.24) is 0 Å². The molecule has 0 bridgehead atoms. The second-order valence-corrected chi connectivity index (χ2v) is 4.00. The summed E-state index contributed by atoms with van der Waals surface area (Å²) in [5.41, 5.74) is 0.388. The summed E-state index contributed by atoms with van der Waals surface area (Å²) in [4.78, 5) is 23.3. The fraction of sp³-hybridized carbons (Fsp3) is 0.286. The van der Waals surface area contributed by atoms with Crippen LogP contribution in [-0.4, -0.2) is 40.4 Å². The summed E-state index contributed by atoms with van der Waals surface area (Å²) in [5.74, 6) is -0.698. The zero-order valence-corrected chi connectivity index (χ0v) is 12.0. The maximum atomic E-state index is 11.8. The molecule has 0 saturated heterocycles. The molecule has 1 aromatic rings. The Labute approximate surface area is 121 Å². The largest absolute Gasteiger partial charge is 0.493 e. The van der Waals surface area contributed by atoms with Gasteiger partial charge in [0.25, 0.3) is 0 Å². The molecule has 1 aliphatic heterocycles. The quantitative estimate of drug-likeness (QED) is 0.595. The van der Waals surface area contributed by atoms with Gasteiger partial charge in [-0.1, -0.05) is 0 Å². The Bertz CT molecular complexity index is 605. The summed E-state index contributed by atoms with van der Waals surface area (Å²) < 4.78 is 25.1. The second kappa shape index (κ2) is 5.74. The van der Waals surface area contributed by atoms with Gasteiger partial charge >= 0.3 is 11.9 Å². The Morgan fingerprint density at radius 3 is 1.81 bits per heavy atom. The molecule has 21 heavy (non-hydrogen) atoms. The van der Waals surface area contributed by atoms with E-state index in [1.165, 1.54) is 40.6 Å². The molecule has 1 aliphatic rings. The van der Waals surface area contributed by atoms with Crippen molar-refractivity contribution < 1.29 is 33.3 Å². The molecule has 0 aromatic heterocycles. The van der Waals surface area contributed by atoms with Gasteiger partial charge in [-0.15, -0.1) is 0 Å². The third kappa shape index (κ3) is 2.37. The molecule has 0 spiro atoms. The highest BCUT2D eigenvalue weighted by molar-refractivity contribution is 6.30. The predicted octanol–water partition coefficient (Wildman–Crippen LogP) is 1.15. The lowest BCUT2D eigenvalue weighted by molar-refractivity contribution is -0.151. The molecule has 0 unspecified atom stereocenters. The molecule has 7 nitrogen and oxygen atoms in total. The third-order valence-corrected chi connectivity index (χ3v) is 2.96. The van der Waals surface area contributed by atoms with Gasteiger partial charge in [0.15, 0.2) is 11.5 Å². The molecule has 0 atom stereocenters. The molecule has 1 heterocycles. The highest BCUT2D eigenvalue weighted by Gasteiger charge is 2.36. The number of esters is 2. The molecule has 0 radical (unpaired) electrons. The molecule has 1 aromatic carbocycles. The fourth-order valence-corrected chi connectivity index (χ4v) is 2.04. The van der Waals surface area contributed by atoms with Crippen molar-refractivity contribution in [2.45, 2.75) is 0 Å². The third-order valence-electron chi connectivity index (χ3n) is 2.96. The minimum Gasteiger partial charge on any atom is -0.493 e. The van der Waals surface area contributed by atoms with E-state index in [1.54, 1.807) is 0 Å². The van der Waals surface area contributed by atoms with Crippen molar-refractivity contribution in [3.63, 3.8) is 0 Å². The molecule has 0 aliphatic carbocycles. The fourth-order valence-electron chi connectivity index (χ4n) is 2.04. The van der Waals surface area contributed by atoms with Gasteiger partial charge in [0.2, 0.25) is 11.5 Å². The first-order valence-electron chi connectivity index (χ1n) is 5.92. The second-order valence-electron chi connectivity index (χ2n) is 4.00. The summed E-state index contributed by atoms with van der Waals surface area (Å²) in [6.07, 6.45) is 0. The van der Waals surface area contributed by atoms with Crippen LogP contribution < -0.4 is 14.2 Å². The number of methoxy groups -OCH3 is 4. The Hall–Kier alpha value is -2.70. The van der Waals surface area contributed by atoms with Crippen LogP contribution in [0.4, 0.5) is 0 Å². The Morgan fingerprint density at radius 1 is 0.810 bits per heavy atom. The number of rotatable bonds is 5. The van der Waals surface area contributed by atoms with E-state index in [4.69, 9.17) is 18.9 Å². The number of hydrogen-bond donors (Lipinski definition) is 0. The summed E-state index contributed by atoms with van der Waals surface area (Å²) in [5, 5.41) is 0. The van der Waals surface area contributed by atoms with Crippen LogP contribution in [0.15, 0.2) is 17.9 Å². The van der Waals surface area contributed by atoms with Crippen LogP contribution in [0.5, 0.6) is 17.2 Å². The molecular formula is C14H14O7. The average Bonchev–Trinajstić information content (AvgIpc) is 2.79. The Morgan fingerprint density at radius 2 is 1.38 bits per heavy atom. The van der Waals surface area contributed by atoms with E-state index in [0.717, 1.165) is 0 Å². The van der Waals surface area contributed by atoms with Crippen molar-refractivity contribution in [2.24, 2.45) is 0 Å². The molecule has 0 fully saturated rings. The number of benzene rings is 1. The van der Waals surface area contributed by atoms with Crippen molar-refractivity contribution in [2.75, 3.05) is 28.4 Å². The smallest absolute Gasteiger partial charge is 0.382 e.